The molecule has 0 unspecified atom stereocenters. The second-order valence-electron chi connectivity index (χ2n) is 8.28. The van der Waals surface area contributed by atoms with Crippen molar-refractivity contribution in [2.45, 2.75) is 62.3 Å². The minimum absolute atomic E-state index is 0.211. The average Bonchev–Trinajstić information content (AvgIpc) is 2.79. The second-order valence-corrected chi connectivity index (χ2v) is 17.5. The zero-order valence-electron chi connectivity index (χ0n) is 20.2. The van der Waals surface area contributed by atoms with Gasteiger partial charge in [0.2, 0.25) is 0 Å². The third-order valence-corrected chi connectivity index (χ3v) is 14.9. The molecule has 0 fully saturated rings. The Hall–Kier alpha value is -2.22. The van der Waals surface area contributed by atoms with Crippen LogP contribution in [0.25, 0.3) is 0 Å². The van der Waals surface area contributed by atoms with E-state index in [9.17, 15) is 9.59 Å². The van der Waals surface area contributed by atoms with Gasteiger partial charge in [-0.25, -0.2) is 0 Å². The standard InChI is InChI=1S/2C9H10O3.2C4H9.Sn/c2*1-7-3-2-4-8(5-7)12-6-9(10)11;2*1-3-4-2;/h2*2-5H,6H2,1H3,(H,10,11);2*1,3-4H2,2H3;/q;;;;+2/p-2. The Morgan fingerprint density at radius 2 is 1.15 bits per heavy atom. The van der Waals surface area contributed by atoms with E-state index in [-0.39, 0.29) is 13.2 Å². The fourth-order valence-corrected chi connectivity index (χ4v) is 13.2. The molecule has 0 aliphatic rings. The zero-order valence-corrected chi connectivity index (χ0v) is 23.1. The molecule has 2 aromatic rings. The molecule has 0 N–H and O–H groups in total. The molecule has 2 aromatic carbocycles. The van der Waals surface area contributed by atoms with Crippen molar-refractivity contribution in [1.82, 2.24) is 0 Å². The van der Waals surface area contributed by atoms with Crippen molar-refractivity contribution in [2.24, 2.45) is 0 Å². The van der Waals surface area contributed by atoms with Gasteiger partial charge in [-0.2, -0.15) is 0 Å². The van der Waals surface area contributed by atoms with Crippen LogP contribution in [-0.2, 0) is 15.7 Å². The van der Waals surface area contributed by atoms with Gasteiger partial charge in [0.1, 0.15) is 0 Å². The normalized spacial score (nSPS) is 11.0. The summed E-state index contributed by atoms with van der Waals surface area (Å²) in [6.07, 6.45) is 3.55. The van der Waals surface area contributed by atoms with Crippen LogP contribution in [0.4, 0.5) is 0 Å². The molecule has 7 heteroatoms. The van der Waals surface area contributed by atoms with E-state index in [2.05, 4.69) is 13.8 Å². The Morgan fingerprint density at radius 1 is 0.727 bits per heavy atom. The van der Waals surface area contributed by atoms with Crippen LogP contribution < -0.4 is 9.47 Å². The Morgan fingerprint density at radius 3 is 1.52 bits per heavy atom. The van der Waals surface area contributed by atoms with E-state index >= 15 is 0 Å². The molecular weight excluding hydrogens is 527 g/mol. The summed E-state index contributed by atoms with van der Waals surface area (Å²) in [6, 6.07) is 15.0. The summed E-state index contributed by atoms with van der Waals surface area (Å²) in [7, 11) is 0. The maximum absolute atomic E-state index is 12.7. The molecule has 0 aliphatic carbocycles. The molecule has 0 aliphatic heterocycles. The number of hydrogen-bond donors (Lipinski definition) is 0. The third-order valence-electron chi connectivity index (χ3n) is 5.11. The number of rotatable bonds is 14. The summed E-state index contributed by atoms with van der Waals surface area (Å²) in [5.74, 6) is 0.260. The Bertz CT molecular complexity index is 824. The van der Waals surface area contributed by atoms with Crippen LogP contribution in [0.15, 0.2) is 48.5 Å². The Balaban J connectivity index is 2.05. The average molecular weight is 563 g/mol. The van der Waals surface area contributed by atoms with Gasteiger partial charge < -0.3 is 0 Å². The molecule has 180 valence electrons. The summed E-state index contributed by atoms with van der Waals surface area (Å²) in [6.45, 7) is 7.64. The van der Waals surface area contributed by atoms with E-state index in [1.165, 1.54) is 0 Å². The first-order chi connectivity index (χ1) is 15.9. The van der Waals surface area contributed by atoms with Crippen LogP contribution in [0, 0.1) is 13.8 Å². The number of carbonyl (C=O) groups excluding carboxylic acids is 2. The number of unbranched alkanes of at least 4 members (excludes halogenated alkanes) is 2. The second kappa shape index (κ2) is 14.1. The van der Waals surface area contributed by atoms with Gasteiger partial charge in [-0.15, -0.1) is 0 Å². The predicted molar refractivity (Wildman–Crippen MR) is 131 cm³/mol. The first-order valence-corrected chi connectivity index (χ1v) is 18.0. The van der Waals surface area contributed by atoms with E-state index in [1.54, 1.807) is 12.1 Å². The SMILES string of the molecule is CCC[CH2][Sn]([CH2]CCC)([O]C(=O)COc1cccc(C)c1)[O]C(=O)COc1cccc(C)c1. The zero-order chi connectivity index (χ0) is 24.1. The minimum atomic E-state index is -4.04. The molecule has 0 amide bonds. The monoisotopic (exact) mass is 564 g/mol. The van der Waals surface area contributed by atoms with Crippen LogP contribution in [0.5, 0.6) is 11.5 Å². The van der Waals surface area contributed by atoms with E-state index in [1.807, 2.05) is 50.2 Å². The van der Waals surface area contributed by atoms with Gasteiger partial charge in [0.25, 0.3) is 0 Å². The van der Waals surface area contributed by atoms with E-state index < -0.39 is 31.1 Å². The predicted octanol–water partition coefficient (Wildman–Crippen LogP) is 5.89. The molecule has 2 rings (SSSR count). The third kappa shape index (κ3) is 10.1. The first-order valence-electron chi connectivity index (χ1n) is 11.7. The van der Waals surface area contributed by atoms with E-state index in [0.717, 1.165) is 36.8 Å². The molecule has 0 aromatic heterocycles. The summed E-state index contributed by atoms with van der Waals surface area (Å²) >= 11 is -4.04. The van der Waals surface area contributed by atoms with Crippen LogP contribution in [0.3, 0.4) is 0 Å². The van der Waals surface area contributed by atoms with Crippen LogP contribution in [-0.4, -0.2) is 44.4 Å². The van der Waals surface area contributed by atoms with Crippen molar-refractivity contribution in [3.8, 4) is 11.5 Å². The van der Waals surface area contributed by atoms with Crippen LogP contribution in [0.1, 0.15) is 50.7 Å². The Kier molecular flexibility index (Phi) is 11.6. The number of aryl methyl sites for hydroxylation is 2. The van der Waals surface area contributed by atoms with Crippen molar-refractivity contribution in [3.05, 3.63) is 59.7 Å². The molecular formula is C26H36O6Sn. The summed E-state index contributed by atoms with van der Waals surface area (Å²) < 4.78 is 24.5. The quantitative estimate of drug-likeness (QED) is 0.267. The fraction of sp³-hybridized carbons (Fsp3) is 0.462. The molecule has 0 radical (unpaired) electrons. The van der Waals surface area contributed by atoms with Gasteiger partial charge in [0.05, 0.1) is 0 Å². The van der Waals surface area contributed by atoms with Gasteiger partial charge in [-0.1, -0.05) is 0 Å². The van der Waals surface area contributed by atoms with Crippen LogP contribution >= 0.6 is 0 Å². The van der Waals surface area contributed by atoms with Crippen molar-refractivity contribution >= 4 is 31.1 Å². The Labute approximate surface area is 202 Å². The van der Waals surface area contributed by atoms with Crippen LogP contribution in [0.2, 0.25) is 8.87 Å². The van der Waals surface area contributed by atoms with Crippen molar-refractivity contribution in [1.29, 1.82) is 0 Å². The summed E-state index contributed by atoms with van der Waals surface area (Å²) in [4.78, 5) is 25.4. The van der Waals surface area contributed by atoms with Gasteiger partial charge in [0, 0.05) is 0 Å². The maximum atomic E-state index is 12.7. The molecule has 6 nitrogen and oxygen atoms in total. The van der Waals surface area contributed by atoms with Crippen molar-refractivity contribution < 1.29 is 25.2 Å². The van der Waals surface area contributed by atoms with Crippen molar-refractivity contribution in [3.63, 3.8) is 0 Å². The molecule has 33 heavy (non-hydrogen) atoms. The number of hydrogen-bond acceptors (Lipinski definition) is 6. The van der Waals surface area contributed by atoms with Crippen molar-refractivity contribution in [2.75, 3.05) is 13.2 Å². The topological polar surface area (TPSA) is 71.1 Å². The number of ether oxygens (including phenoxy) is 2. The molecule has 0 atom stereocenters. The molecule has 0 bridgehead atoms. The molecule has 0 heterocycles. The van der Waals surface area contributed by atoms with E-state index in [4.69, 9.17) is 15.6 Å². The number of carbonyl (C=O) groups is 2. The summed E-state index contributed by atoms with van der Waals surface area (Å²) in [5, 5.41) is 0. The number of benzene rings is 2. The van der Waals surface area contributed by atoms with Gasteiger partial charge >= 0.3 is 203 Å². The van der Waals surface area contributed by atoms with Gasteiger partial charge in [0.15, 0.2) is 0 Å². The van der Waals surface area contributed by atoms with Gasteiger partial charge in [-0.05, 0) is 0 Å². The van der Waals surface area contributed by atoms with Gasteiger partial charge in [-0.3, -0.25) is 0 Å². The fourth-order valence-electron chi connectivity index (χ4n) is 3.41. The molecule has 0 saturated carbocycles. The molecule has 0 saturated heterocycles. The van der Waals surface area contributed by atoms with E-state index in [0.29, 0.717) is 20.4 Å². The molecule has 0 spiro atoms. The first kappa shape index (κ1) is 27.0. The summed E-state index contributed by atoms with van der Waals surface area (Å²) in [5.41, 5.74) is 2.09.